The maximum absolute atomic E-state index is 13.5. The number of aryl methyl sites for hydroxylation is 3. The molecule has 2 rings (SSSR count). The summed E-state index contributed by atoms with van der Waals surface area (Å²) < 4.78 is 18.7. The smallest absolute Gasteiger partial charge is 0.317 e. The Labute approximate surface area is 157 Å². The molecule has 2 aromatic carbocycles. The number of nitrogens with one attached hydrogen (secondary N) is 1. The summed E-state index contributed by atoms with van der Waals surface area (Å²) in [7, 11) is 0. The molecule has 138 valence electrons. The van der Waals surface area contributed by atoms with Crippen LogP contribution in [-0.4, -0.2) is 23.7 Å². The summed E-state index contributed by atoms with van der Waals surface area (Å²) in [6.45, 7) is 7.33. The lowest BCUT2D eigenvalue weighted by Crippen LogP contribution is -2.31. The lowest BCUT2D eigenvalue weighted by molar-refractivity contribution is -0.150. The molecule has 0 aliphatic carbocycles. The highest BCUT2D eigenvalue weighted by Crippen LogP contribution is 2.23. The number of hydrogen-bond donors (Lipinski definition) is 1. The molecular formula is C20H22FNO3S. The highest BCUT2D eigenvalue weighted by atomic mass is 32.2. The van der Waals surface area contributed by atoms with Gasteiger partial charge in [-0.2, -0.15) is 0 Å². The number of anilines is 1. The van der Waals surface area contributed by atoms with E-state index in [0.29, 0.717) is 4.90 Å². The van der Waals surface area contributed by atoms with E-state index in [1.165, 1.54) is 13.0 Å². The SMILES string of the molecule is Cc1cc(C)c(NC(=O)[C@@H](C)OC(=O)CSc2ccccc2F)c(C)c1. The summed E-state index contributed by atoms with van der Waals surface area (Å²) in [5.74, 6) is -1.43. The molecule has 0 radical (unpaired) electrons. The van der Waals surface area contributed by atoms with Crippen LogP contribution in [0, 0.1) is 26.6 Å². The highest BCUT2D eigenvalue weighted by molar-refractivity contribution is 8.00. The molecular weight excluding hydrogens is 353 g/mol. The zero-order chi connectivity index (χ0) is 19.3. The second kappa shape index (κ2) is 8.85. The zero-order valence-electron chi connectivity index (χ0n) is 15.3. The molecule has 1 amide bonds. The number of amides is 1. The number of carbonyl (C=O) groups is 2. The van der Waals surface area contributed by atoms with Crippen molar-refractivity contribution in [3.05, 3.63) is 58.9 Å². The minimum absolute atomic E-state index is 0.0683. The van der Waals surface area contributed by atoms with E-state index >= 15 is 0 Å². The molecule has 0 spiro atoms. The molecule has 0 unspecified atom stereocenters. The van der Waals surface area contributed by atoms with E-state index in [0.717, 1.165) is 34.1 Å². The van der Waals surface area contributed by atoms with Crippen LogP contribution in [0.4, 0.5) is 10.1 Å². The first-order valence-corrected chi connectivity index (χ1v) is 9.22. The van der Waals surface area contributed by atoms with Crippen molar-refractivity contribution in [3.63, 3.8) is 0 Å². The number of thioether (sulfide) groups is 1. The van der Waals surface area contributed by atoms with Crippen LogP contribution < -0.4 is 5.32 Å². The molecule has 1 atom stereocenters. The van der Waals surface area contributed by atoms with Gasteiger partial charge in [0.25, 0.3) is 5.91 Å². The quantitative estimate of drug-likeness (QED) is 0.600. The van der Waals surface area contributed by atoms with Crippen molar-refractivity contribution in [1.82, 2.24) is 0 Å². The number of carbonyl (C=O) groups excluding carboxylic acids is 2. The van der Waals surface area contributed by atoms with E-state index in [1.54, 1.807) is 18.2 Å². The average molecular weight is 375 g/mol. The van der Waals surface area contributed by atoms with Gasteiger partial charge in [-0.25, -0.2) is 4.39 Å². The number of esters is 1. The van der Waals surface area contributed by atoms with Gasteiger partial charge >= 0.3 is 5.97 Å². The van der Waals surface area contributed by atoms with Crippen LogP contribution in [0.15, 0.2) is 41.3 Å². The fourth-order valence-corrected chi connectivity index (χ4v) is 3.31. The molecule has 0 heterocycles. The first kappa shape index (κ1) is 20.0. The van der Waals surface area contributed by atoms with E-state index < -0.39 is 18.0 Å². The van der Waals surface area contributed by atoms with E-state index in [2.05, 4.69) is 5.32 Å². The van der Waals surface area contributed by atoms with Crippen molar-refractivity contribution in [2.45, 2.75) is 38.7 Å². The van der Waals surface area contributed by atoms with Gasteiger partial charge in [-0.3, -0.25) is 9.59 Å². The van der Waals surface area contributed by atoms with Gasteiger partial charge in [0.15, 0.2) is 6.10 Å². The molecule has 0 aliphatic heterocycles. The summed E-state index contributed by atoms with van der Waals surface area (Å²) >= 11 is 1.04. The number of benzene rings is 2. The Hall–Kier alpha value is -2.34. The first-order chi connectivity index (χ1) is 12.3. The Bertz CT molecular complexity index is 799. The average Bonchev–Trinajstić information content (AvgIpc) is 2.57. The van der Waals surface area contributed by atoms with Crippen molar-refractivity contribution in [1.29, 1.82) is 0 Å². The van der Waals surface area contributed by atoms with E-state index in [9.17, 15) is 14.0 Å². The summed E-state index contributed by atoms with van der Waals surface area (Å²) in [5.41, 5.74) is 3.74. The van der Waals surface area contributed by atoms with Crippen LogP contribution >= 0.6 is 11.8 Å². The highest BCUT2D eigenvalue weighted by Gasteiger charge is 2.19. The summed E-state index contributed by atoms with van der Waals surface area (Å²) in [6, 6.07) is 10.1. The minimum Gasteiger partial charge on any atom is -0.452 e. The van der Waals surface area contributed by atoms with Gasteiger partial charge in [-0.15, -0.1) is 11.8 Å². The van der Waals surface area contributed by atoms with Gasteiger partial charge < -0.3 is 10.1 Å². The van der Waals surface area contributed by atoms with Gasteiger partial charge in [0, 0.05) is 10.6 Å². The molecule has 6 heteroatoms. The number of hydrogen-bond acceptors (Lipinski definition) is 4. The van der Waals surface area contributed by atoms with Crippen LogP contribution in [0.2, 0.25) is 0 Å². The topological polar surface area (TPSA) is 55.4 Å². The second-order valence-corrected chi connectivity index (χ2v) is 7.13. The second-order valence-electron chi connectivity index (χ2n) is 6.11. The molecule has 0 saturated heterocycles. The van der Waals surface area contributed by atoms with E-state index in [4.69, 9.17) is 4.74 Å². The fourth-order valence-electron chi connectivity index (χ4n) is 2.59. The Morgan fingerprint density at radius 3 is 2.38 bits per heavy atom. The van der Waals surface area contributed by atoms with Crippen molar-refractivity contribution < 1.29 is 18.7 Å². The van der Waals surface area contributed by atoms with Crippen LogP contribution in [0.25, 0.3) is 0 Å². The third-order valence-corrected chi connectivity index (χ3v) is 4.81. The monoisotopic (exact) mass is 375 g/mol. The number of rotatable bonds is 6. The lowest BCUT2D eigenvalue weighted by atomic mass is 10.0. The summed E-state index contributed by atoms with van der Waals surface area (Å²) in [5, 5.41) is 2.81. The van der Waals surface area contributed by atoms with Gasteiger partial charge in [0.2, 0.25) is 0 Å². The standard InChI is InChI=1S/C20H22FNO3S/c1-12-9-13(2)19(14(3)10-12)22-20(24)15(4)25-18(23)11-26-17-8-6-5-7-16(17)21/h5-10,15H,11H2,1-4H3,(H,22,24)/t15-/m1/s1. The normalized spacial score (nSPS) is 11.7. The van der Waals surface area contributed by atoms with Gasteiger partial charge in [0.05, 0.1) is 5.75 Å². The predicted octanol–water partition coefficient (Wildman–Crippen LogP) is 4.41. The molecule has 4 nitrogen and oxygen atoms in total. The summed E-state index contributed by atoms with van der Waals surface area (Å²) in [4.78, 5) is 24.6. The van der Waals surface area contributed by atoms with E-state index in [-0.39, 0.29) is 11.6 Å². The van der Waals surface area contributed by atoms with Crippen LogP contribution in [0.1, 0.15) is 23.6 Å². The minimum atomic E-state index is -0.941. The van der Waals surface area contributed by atoms with Crippen LogP contribution in [-0.2, 0) is 14.3 Å². The molecule has 0 aromatic heterocycles. The third kappa shape index (κ3) is 5.33. The summed E-state index contributed by atoms with van der Waals surface area (Å²) in [6.07, 6.45) is -0.941. The Balaban J connectivity index is 1.90. The molecule has 0 saturated carbocycles. The Morgan fingerprint density at radius 2 is 1.77 bits per heavy atom. The lowest BCUT2D eigenvalue weighted by Gasteiger charge is -2.17. The van der Waals surface area contributed by atoms with Gasteiger partial charge in [0.1, 0.15) is 5.82 Å². The Morgan fingerprint density at radius 1 is 1.15 bits per heavy atom. The van der Waals surface area contributed by atoms with E-state index in [1.807, 2.05) is 32.9 Å². The number of halogens is 1. The maximum atomic E-state index is 13.5. The molecule has 2 aromatic rings. The molecule has 1 N–H and O–H groups in total. The van der Waals surface area contributed by atoms with Crippen LogP contribution in [0.5, 0.6) is 0 Å². The van der Waals surface area contributed by atoms with Crippen LogP contribution in [0.3, 0.4) is 0 Å². The largest absolute Gasteiger partial charge is 0.452 e. The molecule has 0 fully saturated rings. The third-order valence-electron chi connectivity index (χ3n) is 3.78. The van der Waals surface area contributed by atoms with Gasteiger partial charge in [-0.05, 0) is 51.0 Å². The molecule has 26 heavy (non-hydrogen) atoms. The van der Waals surface area contributed by atoms with Gasteiger partial charge in [-0.1, -0.05) is 29.8 Å². The number of ether oxygens (including phenoxy) is 1. The first-order valence-electron chi connectivity index (χ1n) is 8.23. The zero-order valence-corrected chi connectivity index (χ0v) is 16.1. The van der Waals surface area contributed by atoms with Crippen molar-refractivity contribution in [2.75, 3.05) is 11.1 Å². The van der Waals surface area contributed by atoms with Crippen molar-refractivity contribution in [3.8, 4) is 0 Å². The predicted molar refractivity (Wildman–Crippen MR) is 102 cm³/mol. The Kier molecular flexibility index (Phi) is 6.80. The van der Waals surface area contributed by atoms with Crippen molar-refractivity contribution >= 4 is 29.3 Å². The fraction of sp³-hybridized carbons (Fsp3) is 0.300. The molecule has 0 aliphatic rings. The van der Waals surface area contributed by atoms with Crippen molar-refractivity contribution in [2.24, 2.45) is 0 Å². The maximum Gasteiger partial charge on any atom is 0.317 e. The molecule has 0 bridgehead atoms.